The number of fused-ring (bicyclic) bond motifs is 1. The van der Waals surface area contributed by atoms with Crippen LogP contribution >= 0.6 is 0 Å². The van der Waals surface area contributed by atoms with E-state index in [4.69, 9.17) is 0 Å². The van der Waals surface area contributed by atoms with Gasteiger partial charge in [0, 0.05) is 41.4 Å². The van der Waals surface area contributed by atoms with E-state index in [0.717, 1.165) is 54.3 Å². The molecule has 0 amide bonds. The minimum Gasteiger partial charge on any atom is -0.327 e. The molecule has 0 fully saturated rings. The maximum Gasteiger partial charge on any atom is 0.159 e. The van der Waals surface area contributed by atoms with E-state index < -0.39 is 17.6 Å². The zero-order chi connectivity index (χ0) is 26.6. The quantitative estimate of drug-likeness (QED) is 0.247. The van der Waals surface area contributed by atoms with Gasteiger partial charge >= 0.3 is 0 Å². The Bertz CT molecular complexity index is 1470. The van der Waals surface area contributed by atoms with Crippen LogP contribution in [0.1, 0.15) is 65.1 Å². The molecule has 0 N–H and O–H groups in total. The molecule has 2 heterocycles. The molecule has 1 aliphatic carbocycles. The number of rotatable bonds is 9. The lowest BCUT2D eigenvalue weighted by Gasteiger charge is -2.20. The van der Waals surface area contributed by atoms with Gasteiger partial charge in [0.15, 0.2) is 11.6 Å². The second kappa shape index (κ2) is 11.2. The maximum atomic E-state index is 14.1. The maximum absolute atomic E-state index is 14.1. The zero-order valence-electron chi connectivity index (χ0n) is 21.3. The van der Waals surface area contributed by atoms with Crippen LogP contribution in [0.2, 0.25) is 0 Å². The average molecular weight is 514 g/mol. The average Bonchev–Trinajstić information content (AvgIpc) is 3.30. The largest absolute Gasteiger partial charge is 0.327 e. The molecule has 5 nitrogen and oxygen atoms in total. The first-order valence-corrected chi connectivity index (χ1v) is 12.9. The summed E-state index contributed by atoms with van der Waals surface area (Å²) in [6, 6.07) is 14.4. The van der Waals surface area contributed by atoms with Gasteiger partial charge in [0.25, 0.3) is 0 Å². The van der Waals surface area contributed by atoms with E-state index in [1.165, 1.54) is 19.1 Å². The van der Waals surface area contributed by atoms with E-state index in [-0.39, 0.29) is 31.0 Å². The number of benzene rings is 2. The van der Waals surface area contributed by atoms with Gasteiger partial charge in [-0.2, -0.15) is 0 Å². The Morgan fingerprint density at radius 2 is 1.76 bits per heavy atom. The Hall–Kier alpha value is -4.00. The Morgan fingerprint density at radius 3 is 2.55 bits per heavy atom. The molecule has 38 heavy (non-hydrogen) atoms. The van der Waals surface area contributed by atoms with E-state index >= 15 is 0 Å². The number of halogens is 2. The minimum absolute atomic E-state index is 0.00765. The van der Waals surface area contributed by atoms with Crippen LogP contribution in [0.4, 0.5) is 8.78 Å². The van der Waals surface area contributed by atoms with Gasteiger partial charge in [-0.25, -0.2) is 13.8 Å². The number of hydrogen-bond acceptors (Lipinski definition) is 4. The highest BCUT2D eigenvalue weighted by atomic mass is 19.1. The molecule has 0 bridgehead atoms. The molecule has 0 spiro atoms. The van der Waals surface area contributed by atoms with Crippen molar-refractivity contribution < 1.29 is 18.4 Å². The standard InChI is InChI=1S/C31H29F2N3O2/c1-20(37)22-6-4-7-23(15-22)28-8-5-11-34-31(28)24(12-21-13-25(32)17-26(33)14-21)16-27(38)18-36-19-35-29-9-2-3-10-30(29)36/h4-8,11,13-15,17,19,24H,2-3,9-10,12,16,18H2,1H3/t24-/m1/s1. The van der Waals surface area contributed by atoms with Crippen molar-refractivity contribution in [1.82, 2.24) is 14.5 Å². The number of carbonyl (C=O) groups excluding carboxylic acids is 2. The number of aryl methyl sites for hydroxylation is 1. The first kappa shape index (κ1) is 25.6. The monoisotopic (exact) mass is 513 g/mol. The van der Waals surface area contributed by atoms with E-state index in [1.54, 1.807) is 30.7 Å². The highest BCUT2D eigenvalue weighted by Crippen LogP contribution is 2.33. The van der Waals surface area contributed by atoms with Crippen LogP contribution in [0.15, 0.2) is 67.1 Å². The Kier molecular flexibility index (Phi) is 7.54. The number of aromatic nitrogens is 3. The predicted octanol–water partition coefficient (Wildman–Crippen LogP) is 6.29. The van der Waals surface area contributed by atoms with Crippen LogP contribution in [0.5, 0.6) is 0 Å². The molecule has 5 rings (SSSR count). The summed E-state index contributed by atoms with van der Waals surface area (Å²) in [6.45, 7) is 1.70. The second-order valence-corrected chi connectivity index (χ2v) is 9.97. The summed E-state index contributed by atoms with van der Waals surface area (Å²) in [7, 11) is 0. The number of carbonyl (C=O) groups is 2. The fraction of sp³-hybridized carbons (Fsp3) is 0.290. The summed E-state index contributed by atoms with van der Waals surface area (Å²) in [5, 5.41) is 0. The van der Waals surface area contributed by atoms with Gasteiger partial charge < -0.3 is 4.57 Å². The Morgan fingerprint density at radius 1 is 0.974 bits per heavy atom. The van der Waals surface area contributed by atoms with Crippen molar-refractivity contribution >= 4 is 11.6 Å². The molecule has 0 radical (unpaired) electrons. The smallest absolute Gasteiger partial charge is 0.159 e. The molecular weight excluding hydrogens is 484 g/mol. The highest BCUT2D eigenvalue weighted by molar-refractivity contribution is 5.95. The van der Waals surface area contributed by atoms with Crippen molar-refractivity contribution in [3.8, 4) is 11.1 Å². The molecule has 1 aliphatic rings. The Balaban J connectivity index is 1.49. The van der Waals surface area contributed by atoms with Crippen LogP contribution in [0, 0.1) is 11.6 Å². The van der Waals surface area contributed by atoms with E-state index in [9.17, 15) is 18.4 Å². The predicted molar refractivity (Wildman–Crippen MR) is 141 cm³/mol. The van der Waals surface area contributed by atoms with Gasteiger partial charge in [0.1, 0.15) is 11.6 Å². The number of nitrogens with zero attached hydrogens (tertiary/aromatic N) is 3. The molecule has 1 atom stereocenters. The van der Waals surface area contributed by atoms with Gasteiger partial charge in [-0.15, -0.1) is 0 Å². The van der Waals surface area contributed by atoms with E-state index in [0.29, 0.717) is 16.8 Å². The molecule has 0 aliphatic heterocycles. The first-order valence-electron chi connectivity index (χ1n) is 12.9. The summed E-state index contributed by atoms with van der Waals surface area (Å²) in [5.41, 5.74) is 5.44. The number of Topliss-reactive ketones (excluding diaryl/α,β-unsaturated/α-hetero) is 2. The highest BCUT2D eigenvalue weighted by Gasteiger charge is 2.24. The number of ketones is 2. The van der Waals surface area contributed by atoms with Crippen LogP contribution < -0.4 is 0 Å². The lowest BCUT2D eigenvalue weighted by Crippen LogP contribution is -2.18. The van der Waals surface area contributed by atoms with Gasteiger partial charge in [-0.05, 0) is 74.4 Å². The van der Waals surface area contributed by atoms with Crippen LogP contribution in [-0.4, -0.2) is 26.1 Å². The summed E-state index contributed by atoms with van der Waals surface area (Å²) >= 11 is 0. The molecule has 7 heteroatoms. The summed E-state index contributed by atoms with van der Waals surface area (Å²) in [4.78, 5) is 34.6. The van der Waals surface area contributed by atoms with Crippen LogP contribution in [0.3, 0.4) is 0 Å². The summed E-state index contributed by atoms with van der Waals surface area (Å²) in [5.74, 6) is -1.81. The molecule has 2 aromatic carbocycles. The molecule has 0 unspecified atom stereocenters. The SMILES string of the molecule is CC(=O)c1cccc(-c2cccnc2[C@@H](CC(=O)Cn2cnc3c2CCCC3)Cc2cc(F)cc(F)c2)c1. The molecule has 4 aromatic rings. The lowest BCUT2D eigenvalue weighted by atomic mass is 9.86. The van der Waals surface area contributed by atoms with E-state index in [2.05, 4.69) is 9.97 Å². The molecule has 2 aromatic heterocycles. The van der Waals surface area contributed by atoms with Gasteiger partial charge in [-0.3, -0.25) is 14.6 Å². The van der Waals surface area contributed by atoms with Crippen LogP contribution in [-0.2, 0) is 30.6 Å². The number of imidazole rings is 1. The lowest BCUT2D eigenvalue weighted by molar-refractivity contribution is -0.120. The minimum atomic E-state index is -0.662. The van der Waals surface area contributed by atoms with Crippen LogP contribution in [0.25, 0.3) is 11.1 Å². The summed E-state index contributed by atoms with van der Waals surface area (Å²) < 4.78 is 30.0. The Labute approximate surface area is 220 Å². The third-order valence-corrected chi connectivity index (χ3v) is 7.14. The third-order valence-electron chi connectivity index (χ3n) is 7.14. The van der Waals surface area contributed by atoms with E-state index in [1.807, 2.05) is 22.8 Å². The van der Waals surface area contributed by atoms with Crippen molar-refractivity contribution in [2.24, 2.45) is 0 Å². The number of hydrogen-bond donors (Lipinski definition) is 0. The molecule has 0 saturated heterocycles. The topological polar surface area (TPSA) is 64.8 Å². The van der Waals surface area contributed by atoms with Crippen molar-refractivity contribution in [1.29, 1.82) is 0 Å². The van der Waals surface area contributed by atoms with Crippen molar-refractivity contribution in [3.63, 3.8) is 0 Å². The van der Waals surface area contributed by atoms with Crippen molar-refractivity contribution in [3.05, 3.63) is 107 Å². The first-order chi connectivity index (χ1) is 18.4. The molecular formula is C31H29F2N3O2. The normalized spacial score (nSPS) is 13.7. The summed E-state index contributed by atoms with van der Waals surface area (Å²) in [6.07, 6.45) is 7.80. The van der Waals surface area contributed by atoms with Gasteiger partial charge in [-0.1, -0.05) is 24.3 Å². The van der Waals surface area contributed by atoms with Gasteiger partial charge in [0.05, 0.1) is 24.3 Å². The van der Waals surface area contributed by atoms with Crippen molar-refractivity contribution in [2.75, 3.05) is 0 Å². The van der Waals surface area contributed by atoms with Crippen molar-refractivity contribution in [2.45, 2.75) is 57.9 Å². The zero-order valence-corrected chi connectivity index (χ0v) is 21.3. The molecule has 194 valence electrons. The third kappa shape index (κ3) is 5.77. The number of pyridine rings is 1. The second-order valence-electron chi connectivity index (χ2n) is 9.97. The molecule has 0 saturated carbocycles. The fourth-order valence-electron chi connectivity index (χ4n) is 5.37. The van der Waals surface area contributed by atoms with Gasteiger partial charge in [0.2, 0.25) is 0 Å². The fourth-order valence-corrected chi connectivity index (χ4v) is 5.37.